The highest BCUT2D eigenvalue weighted by Gasteiger charge is 2.13. The summed E-state index contributed by atoms with van der Waals surface area (Å²) in [6.45, 7) is 1.92. The molecule has 1 atom stereocenters. The first-order chi connectivity index (χ1) is 5.26. The lowest BCUT2D eigenvalue weighted by Crippen LogP contribution is -2.21. The molecule has 62 valence electrons. The van der Waals surface area contributed by atoms with Crippen LogP contribution in [0.25, 0.3) is 0 Å². The van der Waals surface area contributed by atoms with Gasteiger partial charge in [-0.2, -0.15) is 0 Å². The minimum Gasteiger partial charge on any atom is -0.374 e. The molecule has 0 spiro atoms. The molecule has 0 amide bonds. The summed E-state index contributed by atoms with van der Waals surface area (Å²) < 4.78 is 4.94. The Bertz CT molecular complexity index is 151. The zero-order valence-corrected chi connectivity index (χ0v) is 7.09. The van der Waals surface area contributed by atoms with Crippen molar-refractivity contribution < 1.29 is 9.53 Å². The molecule has 2 nitrogen and oxygen atoms in total. The number of ether oxygens (including phenoxy) is 1. The zero-order valence-electron chi connectivity index (χ0n) is 7.09. The maximum absolute atomic E-state index is 11.1. The van der Waals surface area contributed by atoms with Gasteiger partial charge in [-0.1, -0.05) is 6.92 Å². The number of carbonyl (C=O) groups excluding carboxylic acids is 1. The van der Waals surface area contributed by atoms with E-state index in [2.05, 4.69) is 5.92 Å². The number of hydrogen-bond acceptors (Lipinski definition) is 2. The molecule has 0 fully saturated rings. The van der Waals surface area contributed by atoms with E-state index in [-0.39, 0.29) is 11.9 Å². The van der Waals surface area contributed by atoms with Gasteiger partial charge >= 0.3 is 0 Å². The molecule has 0 aliphatic heterocycles. The number of hydrogen-bond donors (Lipinski definition) is 0. The SMILES string of the molecule is C#CCCC(=O)C(CC)OC. The number of Topliss-reactive ketones (excluding diaryl/α,β-unsaturated/α-hetero) is 1. The summed E-state index contributed by atoms with van der Waals surface area (Å²) in [5, 5.41) is 0. The second-order valence-electron chi connectivity index (χ2n) is 2.30. The predicted octanol–water partition coefficient (Wildman–Crippen LogP) is 1.39. The van der Waals surface area contributed by atoms with Gasteiger partial charge in [0.15, 0.2) is 5.78 Å². The van der Waals surface area contributed by atoms with E-state index in [0.29, 0.717) is 12.8 Å². The van der Waals surface area contributed by atoms with Crippen molar-refractivity contribution in [2.24, 2.45) is 0 Å². The molecular weight excluding hydrogens is 140 g/mol. The van der Waals surface area contributed by atoms with Crippen LogP contribution in [-0.2, 0) is 9.53 Å². The molecule has 0 aromatic rings. The molecule has 0 heterocycles. The van der Waals surface area contributed by atoms with Crippen LogP contribution in [0.3, 0.4) is 0 Å². The largest absolute Gasteiger partial charge is 0.374 e. The van der Waals surface area contributed by atoms with E-state index in [4.69, 9.17) is 11.2 Å². The second kappa shape index (κ2) is 5.94. The molecule has 0 radical (unpaired) electrons. The summed E-state index contributed by atoms with van der Waals surface area (Å²) in [4.78, 5) is 11.1. The summed E-state index contributed by atoms with van der Waals surface area (Å²) in [6.07, 6.45) is 6.42. The average Bonchev–Trinajstić information content (AvgIpc) is 2.03. The van der Waals surface area contributed by atoms with E-state index < -0.39 is 0 Å². The highest BCUT2D eigenvalue weighted by Crippen LogP contribution is 2.02. The Morgan fingerprint density at radius 1 is 1.73 bits per heavy atom. The Balaban J connectivity index is 3.72. The van der Waals surface area contributed by atoms with E-state index >= 15 is 0 Å². The van der Waals surface area contributed by atoms with Crippen molar-refractivity contribution in [2.75, 3.05) is 7.11 Å². The van der Waals surface area contributed by atoms with Crippen LogP contribution in [-0.4, -0.2) is 19.0 Å². The smallest absolute Gasteiger partial charge is 0.162 e. The summed E-state index contributed by atoms with van der Waals surface area (Å²) in [7, 11) is 1.54. The van der Waals surface area contributed by atoms with Crippen molar-refractivity contribution in [3.63, 3.8) is 0 Å². The van der Waals surface area contributed by atoms with Gasteiger partial charge in [0.2, 0.25) is 0 Å². The van der Waals surface area contributed by atoms with Crippen LogP contribution >= 0.6 is 0 Å². The maximum atomic E-state index is 11.1. The Hall–Kier alpha value is -0.810. The first kappa shape index (κ1) is 10.2. The van der Waals surface area contributed by atoms with Crippen LogP contribution in [0.5, 0.6) is 0 Å². The van der Waals surface area contributed by atoms with E-state index in [1.165, 1.54) is 0 Å². The van der Waals surface area contributed by atoms with Crippen molar-refractivity contribution in [1.29, 1.82) is 0 Å². The molecule has 0 N–H and O–H groups in total. The van der Waals surface area contributed by atoms with Crippen LogP contribution < -0.4 is 0 Å². The molecule has 0 saturated heterocycles. The fourth-order valence-corrected chi connectivity index (χ4v) is 0.882. The minimum atomic E-state index is -0.261. The lowest BCUT2D eigenvalue weighted by Gasteiger charge is -2.09. The summed E-state index contributed by atoms with van der Waals surface area (Å²) in [5.74, 6) is 2.53. The highest BCUT2D eigenvalue weighted by atomic mass is 16.5. The lowest BCUT2D eigenvalue weighted by atomic mass is 10.1. The quantitative estimate of drug-likeness (QED) is 0.559. The van der Waals surface area contributed by atoms with Gasteiger partial charge in [-0.15, -0.1) is 12.3 Å². The molecule has 0 aromatic heterocycles. The Morgan fingerprint density at radius 2 is 2.36 bits per heavy atom. The van der Waals surface area contributed by atoms with E-state index in [1.807, 2.05) is 6.92 Å². The Labute approximate surface area is 67.9 Å². The number of ketones is 1. The molecule has 1 unspecified atom stereocenters. The van der Waals surface area contributed by atoms with Crippen molar-refractivity contribution >= 4 is 5.78 Å². The topological polar surface area (TPSA) is 26.3 Å². The van der Waals surface area contributed by atoms with Crippen LogP contribution in [0.15, 0.2) is 0 Å². The van der Waals surface area contributed by atoms with Crippen molar-refractivity contribution in [3.8, 4) is 12.3 Å². The molecule has 0 saturated carbocycles. The van der Waals surface area contributed by atoms with Gasteiger partial charge in [0.25, 0.3) is 0 Å². The van der Waals surface area contributed by atoms with Crippen molar-refractivity contribution in [2.45, 2.75) is 32.3 Å². The van der Waals surface area contributed by atoms with Gasteiger partial charge < -0.3 is 4.74 Å². The molecule has 2 heteroatoms. The molecule has 0 aromatic carbocycles. The fourth-order valence-electron chi connectivity index (χ4n) is 0.882. The van der Waals surface area contributed by atoms with Crippen LogP contribution in [0, 0.1) is 12.3 Å². The third-order valence-electron chi connectivity index (χ3n) is 1.53. The Kier molecular flexibility index (Phi) is 5.50. The molecular formula is C9H14O2. The van der Waals surface area contributed by atoms with Gasteiger partial charge in [0.05, 0.1) is 0 Å². The van der Waals surface area contributed by atoms with Gasteiger partial charge in [-0.05, 0) is 6.42 Å². The summed E-state index contributed by atoms with van der Waals surface area (Å²) in [6, 6.07) is 0. The molecule has 0 bridgehead atoms. The summed E-state index contributed by atoms with van der Waals surface area (Å²) >= 11 is 0. The number of terminal acetylenes is 1. The first-order valence-corrected chi connectivity index (χ1v) is 3.75. The predicted molar refractivity (Wildman–Crippen MR) is 44.2 cm³/mol. The lowest BCUT2D eigenvalue weighted by molar-refractivity contribution is -0.128. The second-order valence-corrected chi connectivity index (χ2v) is 2.30. The van der Waals surface area contributed by atoms with Crippen molar-refractivity contribution in [3.05, 3.63) is 0 Å². The Morgan fingerprint density at radius 3 is 2.73 bits per heavy atom. The van der Waals surface area contributed by atoms with Crippen LogP contribution in [0.1, 0.15) is 26.2 Å². The zero-order chi connectivity index (χ0) is 8.69. The maximum Gasteiger partial charge on any atom is 0.162 e. The van der Waals surface area contributed by atoms with Crippen molar-refractivity contribution in [1.82, 2.24) is 0 Å². The number of carbonyl (C=O) groups is 1. The van der Waals surface area contributed by atoms with E-state index in [0.717, 1.165) is 6.42 Å². The monoisotopic (exact) mass is 154 g/mol. The van der Waals surface area contributed by atoms with Gasteiger partial charge in [0, 0.05) is 20.0 Å². The van der Waals surface area contributed by atoms with Crippen LogP contribution in [0.2, 0.25) is 0 Å². The first-order valence-electron chi connectivity index (χ1n) is 3.75. The fraction of sp³-hybridized carbons (Fsp3) is 0.667. The van der Waals surface area contributed by atoms with Crippen LogP contribution in [0.4, 0.5) is 0 Å². The minimum absolute atomic E-state index is 0.105. The van der Waals surface area contributed by atoms with E-state index in [9.17, 15) is 4.79 Å². The van der Waals surface area contributed by atoms with Gasteiger partial charge in [0.1, 0.15) is 6.10 Å². The van der Waals surface area contributed by atoms with Gasteiger partial charge in [-0.25, -0.2) is 0 Å². The summed E-state index contributed by atoms with van der Waals surface area (Å²) in [5.41, 5.74) is 0. The van der Waals surface area contributed by atoms with E-state index in [1.54, 1.807) is 7.11 Å². The highest BCUT2D eigenvalue weighted by molar-refractivity contribution is 5.83. The molecule has 11 heavy (non-hydrogen) atoms. The third-order valence-corrected chi connectivity index (χ3v) is 1.53. The third kappa shape index (κ3) is 3.79. The number of methoxy groups -OCH3 is 1. The normalized spacial score (nSPS) is 12.1. The average molecular weight is 154 g/mol. The molecule has 0 rings (SSSR count). The molecule has 0 aliphatic rings. The number of rotatable bonds is 5. The van der Waals surface area contributed by atoms with Gasteiger partial charge in [-0.3, -0.25) is 4.79 Å². The molecule has 0 aliphatic carbocycles. The standard InChI is InChI=1S/C9H14O2/c1-4-6-7-8(10)9(5-2)11-3/h1,9H,5-7H2,2-3H3.